The fraction of sp³-hybridized carbons (Fsp3) is 0.679. The second kappa shape index (κ2) is 46.9. The lowest BCUT2D eigenvalue weighted by Gasteiger charge is -2.19. The normalized spacial score (nSPS) is 14.1. The lowest BCUT2D eigenvalue weighted by molar-refractivity contribution is -0.200. The van der Waals surface area contributed by atoms with Crippen LogP contribution in [0.2, 0.25) is 0 Å². The summed E-state index contributed by atoms with van der Waals surface area (Å²) in [6, 6.07) is -0.587. The van der Waals surface area contributed by atoms with Crippen molar-refractivity contribution in [2.45, 2.75) is 129 Å². The van der Waals surface area contributed by atoms with Crippen molar-refractivity contribution in [3.8, 4) is 0 Å². The summed E-state index contributed by atoms with van der Waals surface area (Å²) in [6.07, 6.45) is 7.41. The predicted molar refractivity (Wildman–Crippen MR) is 315 cm³/mol. The average molecular weight is 1310 g/mol. The Kier molecular flexibility index (Phi) is 43.1. The molecule has 6 N–H and O–H groups in total. The number of hydroxylamine groups is 2. The molecule has 0 aliphatic carbocycles. The van der Waals surface area contributed by atoms with Crippen LogP contribution < -0.4 is 27.0 Å². The molecule has 2 unspecified atom stereocenters. The number of halogens is 2. The van der Waals surface area contributed by atoms with Gasteiger partial charge in [-0.05, 0) is 73.6 Å². The molecule has 33 heteroatoms. The number of methoxy groups -OCH3 is 2. The fourth-order valence-corrected chi connectivity index (χ4v) is 7.09. The smallest absolute Gasteiger partial charge is 0.407 e. The minimum Gasteiger partial charge on any atom is -0.469 e. The summed E-state index contributed by atoms with van der Waals surface area (Å²) in [6.45, 7) is 12.5. The Morgan fingerprint density at radius 2 is 0.933 bits per heavy atom. The van der Waals surface area contributed by atoms with Crippen molar-refractivity contribution in [3.63, 3.8) is 0 Å². The van der Waals surface area contributed by atoms with Gasteiger partial charge in [-0.1, -0.05) is 6.42 Å². The SMILES string of the molecule is COC(=O)C(CCCCNC(=O)OC(C)(C)C)CC(=O)COCCOCCNC(=O)CCN1C(=O)C=CC1=O.COC(=O)C(N)CCCCNC(=O)OC(C)(C)C.ClCCl.O=C(CCN1C(=O)C=CC1=O)NCCOCCOCC(=O)ON1C(=O)CCC1=O. The summed E-state index contributed by atoms with van der Waals surface area (Å²) in [5.41, 5.74) is 4.50. The van der Waals surface area contributed by atoms with Gasteiger partial charge in [0, 0.05) is 95.7 Å². The van der Waals surface area contributed by atoms with Crippen LogP contribution >= 0.6 is 23.2 Å². The van der Waals surface area contributed by atoms with Crippen LogP contribution in [0.4, 0.5) is 9.59 Å². The number of alkyl carbamates (subject to hydrolysis) is 2. The number of hydrogen-bond donors (Lipinski definition) is 5. The molecule has 0 aromatic heterocycles. The van der Waals surface area contributed by atoms with Gasteiger partial charge >= 0.3 is 30.1 Å². The Hall–Kier alpha value is -7.16. The number of nitrogens with one attached hydrogen (secondary N) is 4. The molecule has 0 aromatic carbocycles. The highest BCUT2D eigenvalue weighted by Gasteiger charge is 2.33. The summed E-state index contributed by atoms with van der Waals surface area (Å²) in [5.74, 6) is -6.08. The molecule has 89 heavy (non-hydrogen) atoms. The highest BCUT2D eigenvalue weighted by Crippen LogP contribution is 2.16. The second-order valence-corrected chi connectivity index (χ2v) is 21.7. The monoisotopic (exact) mass is 1310 g/mol. The topological polar surface area (TPSA) is 406 Å². The van der Waals surface area contributed by atoms with Gasteiger partial charge in [-0.3, -0.25) is 62.5 Å². The quantitative estimate of drug-likeness (QED) is 0.0194. The van der Waals surface area contributed by atoms with Crippen LogP contribution in [0.1, 0.15) is 112 Å². The second-order valence-electron chi connectivity index (χ2n) is 20.9. The van der Waals surface area contributed by atoms with E-state index in [0.29, 0.717) is 43.8 Å². The van der Waals surface area contributed by atoms with Crippen LogP contribution in [-0.2, 0) is 100 Å². The third-order valence-electron chi connectivity index (χ3n) is 11.3. The molecule has 0 spiro atoms. The molecule has 3 aliphatic rings. The third kappa shape index (κ3) is 41.6. The number of nitrogens with two attached hydrogens (primary N) is 1. The molecule has 0 radical (unpaired) electrons. The van der Waals surface area contributed by atoms with E-state index in [1.165, 1.54) is 14.2 Å². The number of Topliss-reactive ketones (excluding diaryl/α,β-unsaturated/α-hetero) is 1. The number of esters is 2. The molecule has 0 bridgehead atoms. The summed E-state index contributed by atoms with van der Waals surface area (Å²) in [5, 5.41) is 11.1. The van der Waals surface area contributed by atoms with Crippen LogP contribution in [-0.4, -0.2) is 227 Å². The molecular formula is C56H88Cl2N8O23. The molecule has 3 heterocycles. The van der Waals surface area contributed by atoms with E-state index < -0.39 is 95.3 Å². The lowest BCUT2D eigenvalue weighted by atomic mass is 9.96. The predicted octanol–water partition coefficient (Wildman–Crippen LogP) is 1.56. The van der Waals surface area contributed by atoms with Gasteiger partial charge in [0.25, 0.3) is 35.4 Å². The third-order valence-corrected chi connectivity index (χ3v) is 11.3. The molecule has 10 amide bonds. The average Bonchev–Trinajstić information content (AvgIpc) is 4.35. The number of carbonyl (C=O) groups excluding carboxylic acids is 14. The standard InChI is InChI=1S/C26H41N3O10.C17H21N3O9.C12H24N2O4.CH2Cl2/c1-26(2,3)39-25(35)28-11-6-5-7-19(24(34)36-4)17-20(30)18-38-16-15-37-14-12-27-21(31)10-13-29-22(32)8-9-23(29)33;21-12(5-7-19-13(22)1-2-14(19)23)18-6-8-27-9-10-28-11-17(26)29-20-15(24)3-4-16(20)25;1-12(2,3)18-11(16)14-8-6-5-7-9(13)10(15)17-4;2-1-3/h8-9,19H,5-7,10-18H2,1-4H3,(H,27,31)(H,28,35);1-2H,3-11H2,(H,18,21);9H,5-8,13H2,1-4H3,(H,14,16);1H2. The molecule has 504 valence electrons. The zero-order valence-electron chi connectivity index (χ0n) is 51.9. The van der Waals surface area contributed by atoms with E-state index in [-0.39, 0.29) is 127 Å². The zero-order valence-corrected chi connectivity index (χ0v) is 53.4. The van der Waals surface area contributed by atoms with E-state index in [1.54, 1.807) is 20.8 Å². The highest BCUT2D eigenvalue weighted by atomic mass is 35.5. The van der Waals surface area contributed by atoms with Gasteiger partial charge in [-0.2, -0.15) is 0 Å². The first kappa shape index (κ1) is 81.8. The molecule has 3 aliphatic heterocycles. The van der Waals surface area contributed by atoms with Crippen molar-refractivity contribution < 1.29 is 110 Å². The lowest BCUT2D eigenvalue weighted by Crippen LogP contribution is -2.35. The van der Waals surface area contributed by atoms with Crippen LogP contribution in [0.3, 0.4) is 0 Å². The van der Waals surface area contributed by atoms with Gasteiger partial charge in [0.05, 0.1) is 65.1 Å². The molecular weight excluding hydrogens is 1220 g/mol. The van der Waals surface area contributed by atoms with E-state index in [9.17, 15) is 67.1 Å². The largest absolute Gasteiger partial charge is 0.469 e. The Morgan fingerprint density at radius 1 is 0.539 bits per heavy atom. The molecule has 1 fully saturated rings. The minimum absolute atomic E-state index is 0.0000775. The maximum absolute atomic E-state index is 12.2. The molecule has 2 atom stereocenters. The molecule has 31 nitrogen and oxygen atoms in total. The maximum atomic E-state index is 12.2. The minimum atomic E-state index is -0.869. The van der Waals surface area contributed by atoms with Crippen molar-refractivity contribution in [2.24, 2.45) is 11.7 Å². The van der Waals surface area contributed by atoms with Crippen LogP contribution in [0, 0.1) is 5.92 Å². The first-order valence-corrected chi connectivity index (χ1v) is 29.5. The fourth-order valence-electron chi connectivity index (χ4n) is 7.09. The van der Waals surface area contributed by atoms with Crippen LogP contribution in [0.5, 0.6) is 0 Å². The number of alkyl halides is 2. The van der Waals surface area contributed by atoms with E-state index in [1.807, 2.05) is 20.8 Å². The zero-order chi connectivity index (χ0) is 67.4. The van der Waals surface area contributed by atoms with Gasteiger partial charge in [0.1, 0.15) is 30.5 Å². The van der Waals surface area contributed by atoms with E-state index >= 15 is 0 Å². The van der Waals surface area contributed by atoms with Crippen molar-refractivity contribution in [2.75, 3.05) is 112 Å². The Bertz CT molecular complexity index is 2330. The number of imide groups is 3. The summed E-state index contributed by atoms with van der Waals surface area (Å²) in [7, 11) is 2.58. The van der Waals surface area contributed by atoms with Crippen molar-refractivity contribution in [1.29, 1.82) is 0 Å². The van der Waals surface area contributed by atoms with Crippen LogP contribution in [0.25, 0.3) is 0 Å². The van der Waals surface area contributed by atoms with Gasteiger partial charge in [-0.25, -0.2) is 14.4 Å². The number of ether oxygens (including phenoxy) is 8. The number of carbonyl (C=O) groups is 14. The van der Waals surface area contributed by atoms with E-state index in [0.717, 1.165) is 46.9 Å². The van der Waals surface area contributed by atoms with Gasteiger partial charge in [0.15, 0.2) is 5.78 Å². The molecule has 3 rings (SSSR count). The Balaban J connectivity index is 0.00000136. The van der Waals surface area contributed by atoms with Crippen molar-refractivity contribution in [1.82, 2.24) is 36.1 Å². The van der Waals surface area contributed by atoms with Gasteiger partial charge in [0.2, 0.25) is 11.8 Å². The summed E-state index contributed by atoms with van der Waals surface area (Å²) >= 11 is 9.53. The summed E-state index contributed by atoms with van der Waals surface area (Å²) in [4.78, 5) is 168. The van der Waals surface area contributed by atoms with Gasteiger partial charge < -0.3 is 69.7 Å². The van der Waals surface area contributed by atoms with Crippen LogP contribution in [0.15, 0.2) is 24.3 Å². The number of ketones is 1. The number of nitrogens with zero attached hydrogens (tertiary/aromatic N) is 3. The van der Waals surface area contributed by atoms with Crippen molar-refractivity contribution >= 4 is 106 Å². The number of rotatable bonds is 37. The van der Waals surface area contributed by atoms with E-state index in [4.69, 9.17) is 62.1 Å². The first-order valence-electron chi connectivity index (χ1n) is 28.4. The highest BCUT2D eigenvalue weighted by molar-refractivity contribution is 6.40. The van der Waals surface area contributed by atoms with Gasteiger partial charge in [-0.15, -0.1) is 28.3 Å². The number of hydrogen-bond acceptors (Lipinski definition) is 24. The van der Waals surface area contributed by atoms with E-state index in [2.05, 4.69) is 30.8 Å². The molecule has 0 saturated carbocycles. The maximum Gasteiger partial charge on any atom is 0.407 e. The molecule has 1 saturated heterocycles. The molecule has 0 aromatic rings. The first-order chi connectivity index (χ1) is 42.0. The number of unbranched alkanes of at least 4 members (excludes halogenated alkanes) is 2. The summed E-state index contributed by atoms with van der Waals surface area (Å²) < 4.78 is 40.4. The van der Waals surface area contributed by atoms with Crippen molar-refractivity contribution in [3.05, 3.63) is 24.3 Å². The Labute approximate surface area is 527 Å². The Morgan fingerprint density at radius 3 is 1.34 bits per heavy atom. The number of amides is 10.